The molecule has 2 aromatic heterocycles. The summed E-state index contributed by atoms with van der Waals surface area (Å²) in [4.78, 5) is 29.2. The molecule has 36 heavy (non-hydrogen) atoms. The highest BCUT2D eigenvalue weighted by Crippen LogP contribution is 2.31. The monoisotopic (exact) mass is 500 g/mol. The third-order valence-corrected chi connectivity index (χ3v) is 7.74. The average molecular weight is 501 g/mol. The van der Waals surface area contributed by atoms with Crippen molar-refractivity contribution in [2.75, 3.05) is 72.5 Å². The number of pyridine rings is 1. The fourth-order valence-corrected chi connectivity index (χ4v) is 5.69. The smallest absolute Gasteiger partial charge is 0.255 e. The predicted octanol–water partition coefficient (Wildman–Crippen LogP) is 4.11. The Morgan fingerprint density at radius 2 is 1.64 bits per heavy atom. The standard InChI is InChI=1S/C27H28N6O2S/c34-26(29-21-5-7-22(8-6-21)31-15-17-35-18-16-31)20-4-9-23-24(19-20)36-27(30-23)33-13-11-32(12-14-33)25-3-1-2-10-28-25/h1-10,19H,11-18H2,(H,29,34). The SMILES string of the molecule is O=C(Nc1ccc(N2CCOCC2)cc1)c1ccc2nc(N3CCN(c4ccccn4)CC3)sc2c1. The van der Waals surface area contributed by atoms with Crippen molar-refractivity contribution in [3.8, 4) is 0 Å². The Labute approximate surface area is 214 Å². The van der Waals surface area contributed by atoms with Gasteiger partial charge in [-0.3, -0.25) is 4.79 Å². The minimum Gasteiger partial charge on any atom is -0.378 e. The number of carbonyl (C=O) groups excluding carboxylic acids is 1. The molecule has 6 rings (SSSR count). The Bertz CT molecular complexity index is 1330. The van der Waals surface area contributed by atoms with Gasteiger partial charge in [0.2, 0.25) is 0 Å². The van der Waals surface area contributed by atoms with Gasteiger partial charge in [-0.15, -0.1) is 0 Å². The van der Waals surface area contributed by atoms with Crippen LogP contribution in [0, 0.1) is 0 Å². The molecule has 1 amide bonds. The molecule has 4 heterocycles. The zero-order valence-electron chi connectivity index (χ0n) is 20.0. The molecule has 0 saturated carbocycles. The molecule has 8 nitrogen and oxygen atoms in total. The van der Waals surface area contributed by atoms with Gasteiger partial charge in [-0.05, 0) is 54.6 Å². The summed E-state index contributed by atoms with van der Waals surface area (Å²) in [6, 6.07) is 19.8. The Hall–Kier alpha value is -3.69. The van der Waals surface area contributed by atoms with E-state index in [-0.39, 0.29) is 5.91 Å². The van der Waals surface area contributed by atoms with Gasteiger partial charge < -0.3 is 24.8 Å². The summed E-state index contributed by atoms with van der Waals surface area (Å²) in [6.45, 7) is 6.89. The summed E-state index contributed by atoms with van der Waals surface area (Å²) in [5, 5.41) is 4.03. The number of nitrogens with zero attached hydrogens (tertiary/aromatic N) is 5. The number of benzene rings is 2. The molecule has 184 valence electrons. The van der Waals surface area contributed by atoms with Crippen molar-refractivity contribution in [3.05, 3.63) is 72.4 Å². The van der Waals surface area contributed by atoms with E-state index in [0.717, 1.165) is 85.0 Å². The Morgan fingerprint density at radius 1 is 0.861 bits per heavy atom. The molecular weight excluding hydrogens is 472 g/mol. The van der Waals surface area contributed by atoms with Crippen LogP contribution in [0.3, 0.4) is 0 Å². The van der Waals surface area contributed by atoms with E-state index in [1.165, 1.54) is 0 Å². The second kappa shape index (κ2) is 10.1. The maximum atomic E-state index is 12.9. The van der Waals surface area contributed by atoms with Crippen LogP contribution in [0.15, 0.2) is 66.9 Å². The lowest BCUT2D eigenvalue weighted by Gasteiger charge is -2.35. The number of fused-ring (bicyclic) bond motifs is 1. The number of thiazole rings is 1. The first kappa shape index (κ1) is 22.8. The summed E-state index contributed by atoms with van der Waals surface area (Å²) in [5.41, 5.74) is 3.49. The van der Waals surface area contributed by atoms with Gasteiger partial charge in [-0.1, -0.05) is 17.4 Å². The first-order chi connectivity index (χ1) is 17.7. The lowest BCUT2D eigenvalue weighted by Crippen LogP contribution is -2.46. The largest absolute Gasteiger partial charge is 0.378 e. The van der Waals surface area contributed by atoms with Crippen LogP contribution in [0.1, 0.15) is 10.4 Å². The number of hydrogen-bond donors (Lipinski definition) is 1. The molecule has 0 spiro atoms. The summed E-state index contributed by atoms with van der Waals surface area (Å²) in [7, 11) is 0. The van der Waals surface area contributed by atoms with E-state index in [9.17, 15) is 4.79 Å². The Kier molecular flexibility index (Phi) is 6.40. The van der Waals surface area contributed by atoms with Crippen molar-refractivity contribution in [2.45, 2.75) is 0 Å². The summed E-state index contributed by atoms with van der Waals surface area (Å²) in [6.07, 6.45) is 1.84. The van der Waals surface area contributed by atoms with E-state index in [1.54, 1.807) is 11.3 Å². The quantitative estimate of drug-likeness (QED) is 0.442. The number of anilines is 4. The minimum atomic E-state index is -0.116. The van der Waals surface area contributed by atoms with Crippen molar-refractivity contribution in [1.29, 1.82) is 0 Å². The van der Waals surface area contributed by atoms with E-state index < -0.39 is 0 Å². The lowest BCUT2D eigenvalue weighted by molar-refractivity contribution is 0.102. The van der Waals surface area contributed by atoms with Gasteiger partial charge in [0.25, 0.3) is 5.91 Å². The van der Waals surface area contributed by atoms with Crippen molar-refractivity contribution in [3.63, 3.8) is 0 Å². The minimum absolute atomic E-state index is 0.116. The van der Waals surface area contributed by atoms with Crippen LogP contribution < -0.4 is 20.0 Å². The average Bonchev–Trinajstić information content (AvgIpc) is 3.38. The molecule has 0 unspecified atom stereocenters. The third-order valence-electron chi connectivity index (χ3n) is 6.66. The summed E-state index contributed by atoms with van der Waals surface area (Å²) in [5.74, 6) is 0.905. The van der Waals surface area contributed by atoms with Crippen LogP contribution in [-0.2, 0) is 4.74 Å². The molecule has 0 aliphatic carbocycles. The van der Waals surface area contributed by atoms with Crippen LogP contribution in [0.4, 0.5) is 22.3 Å². The Morgan fingerprint density at radius 3 is 2.39 bits per heavy atom. The number of hydrogen-bond acceptors (Lipinski definition) is 8. The van der Waals surface area contributed by atoms with Gasteiger partial charge in [0.15, 0.2) is 5.13 Å². The van der Waals surface area contributed by atoms with Crippen molar-refractivity contribution < 1.29 is 9.53 Å². The van der Waals surface area contributed by atoms with E-state index in [2.05, 4.69) is 31.1 Å². The number of rotatable bonds is 5. The molecule has 2 saturated heterocycles. The van der Waals surface area contributed by atoms with Gasteiger partial charge in [0.05, 0.1) is 23.4 Å². The van der Waals surface area contributed by atoms with E-state index in [0.29, 0.717) is 5.56 Å². The van der Waals surface area contributed by atoms with Gasteiger partial charge in [-0.25, -0.2) is 9.97 Å². The molecule has 2 aromatic carbocycles. The van der Waals surface area contributed by atoms with E-state index >= 15 is 0 Å². The van der Waals surface area contributed by atoms with Crippen LogP contribution >= 0.6 is 11.3 Å². The number of amides is 1. The second-order valence-corrected chi connectivity index (χ2v) is 9.95. The van der Waals surface area contributed by atoms with Crippen LogP contribution in [0.5, 0.6) is 0 Å². The van der Waals surface area contributed by atoms with Gasteiger partial charge in [-0.2, -0.15) is 0 Å². The van der Waals surface area contributed by atoms with Crippen LogP contribution in [0.2, 0.25) is 0 Å². The fraction of sp³-hybridized carbons (Fsp3) is 0.296. The number of ether oxygens (including phenoxy) is 1. The highest BCUT2D eigenvalue weighted by atomic mass is 32.1. The number of morpholine rings is 1. The zero-order valence-corrected chi connectivity index (χ0v) is 20.8. The first-order valence-corrected chi connectivity index (χ1v) is 13.1. The second-order valence-electron chi connectivity index (χ2n) is 8.94. The normalized spacial score (nSPS) is 16.4. The first-order valence-electron chi connectivity index (χ1n) is 12.3. The summed E-state index contributed by atoms with van der Waals surface area (Å²) >= 11 is 1.64. The molecule has 0 atom stereocenters. The van der Waals surface area contributed by atoms with E-state index in [1.807, 2.05) is 60.8 Å². The van der Waals surface area contributed by atoms with Crippen molar-refractivity contribution in [2.24, 2.45) is 0 Å². The van der Waals surface area contributed by atoms with Gasteiger partial charge in [0.1, 0.15) is 5.82 Å². The number of carbonyl (C=O) groups is 1. The van der Waals surface area contributed by atoms with Crippen LogP contribution in [-0.4, -0.2) is 68.4 Å². The molecule has 2 aliphatic rings. The zero-order chi connectivity index (χ0) is 24.3. The number of nitrogens with one attached hydrogen (secondary N) is 1. The van der Waals surface area contributed by atoms with Crippen molar-refractivity contribution >= 4 is 49.8 Å². The number of aromatic nitrogens is 2. The lowest BCUT2D eigenvalue weighted by atomic mass is 10.2. The molecule has 0 bridgehead atoms. The number of piperazine rings is 1. The topological polar surface area (TPSA) is 73.8 Å². The molecule has 1 N–H and O–H groups in total. The van der Waals surface area contributed by atoms with E-state index in [4.69, 9.17) is 9.72 Å². The maximum absolute atomic E-state index is 12.9. The molecule has 4 aromatic rings. The third kappa shape index (κ3) is 4.84. The maximum Gasteiger partial charge on any atom is 0.255 e. The molecule has 2 aliphatic heterocycles. The molecule has 9 heteroatoms. The summed E-state index contributed by atoms with van der Waals surface area (Å²) < 4.78 is 6.45. The van der Waals surface area contributed by atoms with Gasteiger partial charge in [0, 0.05) is 62.4 Å². The molecule has 0 radical (unpaired) electrons. The molecular formula is C27H28N6O2S. The van der Waals surface area contributed by atoms with Crippen molar-refractivity contribution in [1.82, 2.24) is 9.97 Å². The highest BCUT2D eigenvalue weighted by Gasteiger charge is 2.21. The fourth-order valence-electron chi connectivity index (χ4n) is 4.64. The van der Waals surface area contributed by atoms with Gasteiger partial charge >= 0.3 is 0 Å². The van der Waals surface area contributed by atoms with Crippen LogP contribution in [0.25, 0.3) is 10.2 Å². The predicted molar refractivity (Wildman–Crippen MR) is 146 cm³/mol. The highest BCUT2D eigenvalue weighted by molar-refractivity contribution is 7.22. The molecule has 2 fully saturated rings. The Balaban J connectivity index is 1.10.